The summed E-state index contributed by atoms with van der Waals surface area (Å²) in [5, 5.41) is 2.94. The van der Waals surface area contributed by atoms with Gasteiger partial charge in [0.1, 0.15) is 6.10 Å². The molecule has 0 aromatic heterocycles. The predicted octanol–water partition coefficient (Wildman–Crippen LogP) is 3.08. The van der Waals surface area contributed by atoms with Gasteiger partial charge in [-0.15, -0.1) is 0 Å². The minimum Gasteiger partial charge on any atom is -0.382 e. The number of benzene rings is 1. The molecule has 0 radical (unpaired) electrons. The highest BCUT2D eigenvalue weighted by molar-refractivity contribution is 7.86. The van der Waals surface area contributed by atoms with E-state index in [1.807, 2.05) is 24.3 Å². The number of para-hydroxylation sites is 1. The quantitative estimate of drug-likeness (QED) is 0.675. The van der Waals surface area contributed by atoms with Gasteiger partial charge in [0.2, 0.25) is 5.91 Å². The molecule has 0 aliphatic carbocycles. The monoisotopic (exact) mass is 371 g/mol. The molecule has 0 saturated carbocycles. The molecule has 0 saturated heterocycles. The summed E-state index contributed by atoms with van der Waals surface area (Å²) >= 11 is 0. The van der Waals surface area contributed by atoms with Gasteiger partial charge in [-0.1, -0.05) is 39.0 Å². The number of hydrogen-bond acceptors (Lipinski definition) is 5. The molecule has 25 heavy (non-hydrogen) atoms. The Bertz CT molecular complexity index is 664. The molecular formula is C18H29NO5S. The predicted molar refractivity (Wildman–Crippen MR) is 99.2 cm³/mol. The van der Waals surface area contributed by atoms with Gasteiger partial charge in [0.05, 0.1) is 12.9 Å². The maximum absolute atomic E-state index is 12.2. The maximum atomic E-state index is 12.2. The number of ether oxygens (including phenoxy) is 1. The molecule has 1 aromatic rings. The van der Waals surface area contributed by atoms with Crippen LogP contribution in [0.25, 0.3) is 0 Å². The van der Waals surface area contributed by atoms with Gasteiger partial charge in [-0.3, -0.25) is 8.98 Å². The fraction of sp³-hybridized carbons (Fsp3) is 0.611. The van der Waals surface area contributed by atoms with Gasteiger partial charge in [-0.25, -0.2) is 0 Å². The van der Waals surface area contributed by atoms with Crippen LogP contribution >= 0.6 is 0 Å². The number of methoxy groups -OCH3 is 1. The normalized spacial score (nSPS) is 13.5. The van der Waals surface area contributed by atoms with E-state index in [9.17, 15) is 13.2 Å². The van der Waals surface area contributed by atoms with Crippen LogP contribution < -0.4 is 5.32 Å². The van der Waals surface area contributed by atoms with Crippen LogP contribution in [0.3, 0.4) is 0 Å². The topological polar surface area (TPSA) is 81.7 Å². The number of rotatable bonds is 9. The maximum Gasteiger partial charge on any atom is 0.264 e. The van der Waals surface area contributed by atoms with E-state index in [0.29, 0.717) is 12.8 Å². The zero-order valence-corrected chi connectivity index (χ0v) is 16.5. The molecule has 0 aliphatic rings. The molecule has 6 nitrogen and oxygen atoms in total. The van der Waals surface area contributed by atoms with E-state index in [-0.39, 0.29) is 24.3 Å². The van der Waals surface area contributed by atoms with Gasteiger partial charge in [-0.2, -0.15) is 8.42 Å². The Morgan fingerprint density at radius 3 is 2.44 bits per heavy atom. The highest BCUT2D eigenvalue weighted by atomic mass is 32.2. The van der Waals surface area contributed by atoms with Crippen molar-refractivity contribution in [3.8, 4) is 0 Å². The summed E-state index contributed by atoms with van der Waals surface area (Å²) in [4.78, 5) is 12.2. The Labute approximate surface area is 151 Å². The van der Waals surface area contributed by atoms with E-state index in [2.05, 4.69) is 26.1 Å². The highest BCUT2D eigenvalue weighted by Gasteiger charge is 2.19. The first-order chi connectivity index (χ1) is 11.5. The van der Waals surface area contributed by atoms with Crippen LogP contribution in [0.4, 0.5) is 5.69 Å². The molecule has 1 rings (SSSR count). The lowest BCUT2D eigenvalue weighted by Crippen LogP contribution is -2.23. The molecule has 0 bridgehead atoms. The van der Waals surface area contributed by atoms with Gasteiger partial charge < -0.3 is 10.1 Å². The van der Waals surface area contributed by atoms with Crippen molar-refractivity contribution in [3.05, 3.63) is 29.8 Å². The highest BCUT2D eigenvalue weighted by Crippen LogP contribution is 2.29. The molecular weight excluding hydrogens is 342 g/mol. The van der Waals surface area contributed by atoms with Gasteiger partial charge >= 0.3 is 0 Å². The van der Waals surface area contributed by atoms with E-state index < -0.39 is 16.2 Å². The second-order valence-corrected chi connectivity index (χ2v) is 8.71. The van der Waals surface area contributed by atoms with E-state index in [0.717, 1.165) is 17.5 Å². The van der Waals surface area contributed by atoms with Gasteiger partial charge in [-0.05, 0) is 29.9 Å². The average molecular weight is 371 g/mol. The van der Waals surface area contributed by atoms with Crippen molar-refractivity contribution in [3.63, 3.8) is 0 Å². The first kappa shape index (κ1) is 21.6. The summed E-state index contributed by atoms with van der Waals surface area (Å²) in [5.74, 6) is -0.104. The zero-order chi connectivity index (χ0) is 19.1. The number of hydrogen-bond donors (Lipinski definition) is 1. The van der Waals surface area contributed by atoms with Gasteiger partial charge in [0.25, 0.3) is 10.1 Å². The zero-order valence-electron chi connectivity index (χ0n) is 15.7. The summed E-state index contributed by atoms with van der Waals surface area (Å²) in [7, 11) is -2.07. The van der Waals surface area contributed by atoms with Crippen molar-refractivity contribution in [1.29, 1.82) is 0 Å². The fourth-order valence-electron chi connectivity index (χ4n) is 2.54. The minimum atomic E-state index is -3.55. The second kappa shape index (κ2) is 9.31. The average Bonchev–Trinajstić information content (AvgIpc) is 2.45. The molecule has 0 aliphatic heterocycles. The lowest BCUT2D eigenvalue weighted by Gasteiger charge is -2.23. The summed E-state index contributed by atoms with van der Waals surface area (Å²) < 4.78 is 32.4. The molecule has 0 spiro atoms. The van der Waals surface area contributed by atoms with Crippen molar-refractivity contribution in [2.45, 2.75) is 51.6 Å². The van der Waals surface area contributed by atoms with E-state index in [4.69, 9.17) is 8.92 Å². The fourth-order valence-corrected chi connectivity index (χ4v) is 3.19. The largest absolute Gasteiger partial charge is 0.382 e. The molecule has 1 amide bonds. The molecule has 1 N–H and O–H groups in total. The number of nitrogens with one attached hydrogen (secondary N) is 1. The third-order valence-electron chi connectivity index (χ3n) is 3.60. The van der Waals surface area contributed by atoms with Gasteiger partial charge in [0.15, 0.2) is 0 Å². The summed E-state index contributed by atoms with van der Waals surface area (Å²) in [5.41, 5.74) is 1.80. The number of anilines is 1. The van der Waals surface area contributed by atoms with Gasteiger partial charge in [0, 0.05) is 19.2 Å². The summed E-state index contributed by atoms with van der Waals surface area (Å²) in [6.07, 6.45) is 1.65. The Hall–Kier alpha value is -1.44. The van der Waals surface area contributed by atoms with Crippen LogP contribution in [0, 0.1) is 0 Å². The van der Waals surface area contributed by atoms with E-state index in [1.165, 1.54) is 7.11 Å². The second-order valence-electron chi connectivity index (χ2n) is 7.11. The minimum absolute atomic E-state index is 0.0727. The van der Waals surface area contributed by atoms with E-state index >= 15 is 0 Å². The Balaban J connectivity index is 2.58. The Morgan fingerprint density at radius 2 is 1.88 bits per heavy atom. The first-order valence-corrected chi connectivity index (χ1v) is 10.1. The molecule has 0 heterocycles. The smallest absolute Gasteiger partial charge is 0.264 e. The third-order valence-corrected chi connectivity index (χ3v) is 4.22. The van der Waals surface area contributed by atoms with Crippen molar-refractivity contribution in [2.75, 3.05) is 25.3 Å². The van der Waals surface area contributed by atoms with Crippen molar-refractivity contribution < 1.29 is 22.1 Å². The van der Waals surface area contributed by atoms with Crippen LogP contribution in [0.15, 0.2) is 24.3 Å². The third kappa shape index (κ3) is 8.47. The van der Waals surface area contributed by atoms with Crippen molar-refractivity contribution in [1.82, 2.24) is 0 Å². The molecule has 1 atom stereocenters. The van der Waals surface area contributed by atoms with E-state index in [1.54, 1.807) is 0 Å². The lowest BCUT2D eigenvalue weighted by molar-refractivity contribution is -0.116. The molecule has 0 fully saturated rings. The van der Waals surface area contributed by atoms with Crippen molar-refractivity contribution in [2.24, 2.45) is 0 Å². The van der Waals surface area contributed by atoms with Crippen LogP contribution in [0.5, 0.6) is 0 Å². The first-order valence-electron chi connectivity index (χ1n) is 8.29. The molecule has 1 aromatic carbocycles. The Kier molecular flexibility index (Phi) is 8.05. The van der Waals surface area contributed by atoms with Crippen LogP contribution in [0.1, 0.15) is 45.6 Å². The summed E-state index contributed by atoms with van der Waals surface area (Å²) in [6, 6.07) is 7.73. The van der Waals surface area contributed by atoms with Crippen LogP contribution in [-0.2, 0) is 29.2 Å². The standard InChI is InChI=1S/C18H29NO5S/c1-18(2,3)15-10-6-7-11-16(15)19-17(20)12-8-9-14(13-23-4)24-25(5,21)22/h6-7,10-11,14H,8-9,12-13H2,1-5H3,(H,19,20). The lowest BCUT2D eigenvalue weighted by atomic mass is 9.86. The number of carbonyl (C=O) groups is 1. The Morgan fingerprint density at radius 1 is 1.24 bits per heavy atom. The number of carbonyl (C=O) groups excluding carboxylic acids is 1. The number of amides is 1. The molecule has 7 heteroatoms. The SMILES string of the molecule is COCC(CCCC(=O)Nc1ccccc1C(C)(C)C)OS(C)(=O)=O. The molecule has 142 valence electrons. The summed E-state index contributed by atoms with van der Waals surface area (Å²) in [6.45, 7) is 6.45. The van der Waals surface area contributed by atoms with Crippen LogP contribution in [0.2, 0.25) is 0 Å². The molecule has 1 unspecified atom stereocenters. The van der Waals surface area contributed by atoms with Crippen LogP contribution in [-0.4, -0.2) is 40.4 Å². The van der Waals surface area contributed by atoms with Crippen molar-refractivity contribution >= 4 is 21.7 Å².